The molecule has 0 aromatic heterocycles. The maximum atomic E-state index is 11.3. The Labute approximate surface area is 84.4 Å². The van der Waals surface area contributed by atoms with Gasteiger partial charge in [-0.3, -0.25) is 9.59 Å². The molecular formula is C10H18N2O2. The van der Waals surface area contributed by atoms with Gasteiger partial charge >= 0.3 is 0 Å². The first-order valence-electron chi connectivity index (χ1n) is 5.14. The third-order valence-corrected chi connectivity index (χ3v) is 2.44. The van der Waals surface area contributed by atoms with E-state index in [-0.39, 0.29) is 17.7 Å². The van der Waals surface area contributed by atoms with Crippen molar-refractivity contribution in [2.75, 3.05) is 13.1 Å². The number of amides is 2. The van der Waals surface area contributed by atoms with Crippen LogP contribution in [0.1, 0.15) is 26.7 Å². The summed E-state index contributed by atoms with van der Waals surface area (Å²) in [6.45, 7) is 5.09. The van der Waals surface area contributed by atoms with Gasteiger partial charge in [0.1, 0.15) is 0 Å². The number of rotatable bonds is 3. The normalized spacial score (nSPS) is 21.9. The van der Waals surface area contributed by atoms with E-state index >= 15 is 0 Å². The molecule has 0 bridgehead atoms. The molecule has 0 aliphatic carbocycles. The lowest BCUT2D eigenvalue weighted by Gasteiger charge is -2.22. The van der Waals surface area contributed by atoms with Crippen molar-refractivity contribution < 1.29 is 9.59 Å². The van der Waals surface area contributed by atoms with Crippen LogP contribution >= 0.6 is 0 Å². The highest BCUT2D eigenvalue weighted by Gasteiger charge is 2.19. The Bertz CT molecular complexity index is 226. The summed E-state index contributed by atoms with van der Waals surface area (Å²) in [6, 6.07) is 0. The highest BCUT2D eigenvalue weighted by atomic mass is 16.2. The van der Waals surface area contributed by atoms with Gasteiger partial charge in [0.05, 0.1) is 0 Å². The van der Waals surface area contributed by atoms with Crippen LogP contribution in [0.2, 0.25) is 0 Å². The molecule has 1 atom stereocenters. The average molecular weight is 198 g/mol. The molecule has 1 saturated heterocycles. The molecule has 1 fully saturated rings. The molecule has 0 saturated carbocycles. The monoisotopic (exact) mass is 198 g/mol. The Morgan fingerprint density at radius 2 is 2.36 bits per heavy atom. The molecule has 1 unspecified atom stereocenters. The van der Waals surface area contributed by atoms with Gasteiger partial charge in [0.2, 0.25) is 11.8 Å². The second kappa shape index (κ2) is 4.98. The second-order valence-corrected chi connectivity index (χ2v) is 4.11. The molecule has 0 aromatic rings. The summed E-state index contributed by atoms with van der Waals surface area (Å²) in [7, 11) is 0. The fourth-order valence-electron chi connectivity index (χ4n) is 1.48. The Hall–Kier alpha value is -1.06. The third kappa shape index (κ3) is 3.36. The van der Waals surface area contributed by atoms with Gasteiger partial charge in [0.15, 0.2) is 0 Å². The number of nitrogens with one attached hydrogen (secondary N) is 2. The number of carbonyl (C=O) groups excluding carboxylic acids is 2. The summed E-state index contributed by atoms with van der Waals surface area (Å²) < 4.78 is 0. The van der Waals surface area contributed by atoms with Crippen molar-refractivity contribution >= 4 is 11.8 Å². The summed E-state index contributed by atoms with van der Waals surface area (Å²) in [5.74, 6) is 0.495. The maximum absolute atomic E-state index is 11.3. The average Bonchev–Trinajstić information content (AvgIpc) is 2.14. The third-order valence-electron chi connectivity index (χ3n) is 2.44. The highest BCUT2D eigenvalue weighted by molar-refractivity contribution is 5.78. The predicted molar refractivity (Wildman–Crippen MR) is 53.6 cm³/mol. The van der Waals surface area contributed by atoms with Crippen LogP contribution in [0.25, 0.3) is 0 Å². The summed E-state index contributed by atoms with van der Waals surface area (Å²) >= 11 is 0. The number of carbonyl (C=O) groups is 2. The Balaban J connectivity index is 2.24. The van der Waals surface area contributed by atoms with Crippen LogP contribution < -0.4 is 10.6 Å². The molecule has 1 heterocycles. The van der Waals surface area contributed by atoms with Gasteiger partial charge in [-0.05, 0) is 12.3 Å². The van der Waals surface area contributed by atoms with E-state index in [4.69, 9.17) is 0 Å². The fourth-order valence-corrected chi connectivity index (χ4v) is 1.48. The zero-order valence-electron chi connectivity index (χ0n) is 8.80. The van der Waals surface area contributed by atoms with Gasteiger partial charge in [0.25, 0.3) is 0 Å². The van der Waals surface area contributed by atoms with Crippen molar-refractivity contribution in [1.29, 1.82) is 0 Å². The van der Waals surface area contributed by atoms with E-state index in [1.165, 1.54) is 0 Å². The molecule has 0 aromatic carbocycles. The predicted octanol–water partition coefficient (Wildman–Crippen LogP) is 0.285. The summed E-state index contributed by atoms with van der Waals surface area (Å²) in [5, 5.41) is 5.62. The Morgan fingerprint density at radius 3 is 2.93 bits per heavy atom. The molecule has 1 aliphatic rings. The van der Waals surface area contributed by atoms with Crippen LogP contribution in [-0.2, 0) is 9.59 Å². The molecular weight excluding hydrogens is 180 g/mol. The lowest BCUT2D eigenvalue weighted by atomic mass is 9.97. The van der Waals surface area contributed by atoms with Crippen molar-refractivity contribution in [2.45, 2.75) is 26.7 Å². The Kier molecular flexibility index (Phi) is 3.92. The number of piperidine rings is 1. The van der Waals surface area contributed by atoms with Crippen molar-refractivity contribution in [1.82, 2.24) is 10.6 Å². The molecule has 1 rings (SSSR count). The molecule has 4 nitrogen and oxygen atoms in total. The molecule has 2 N–H and O–H groups in total. The molecule has 2 amide bonds. The van der Waals surface area contributed by atoms with E-state index in [2.05, 4.69) is 10.6 Å². The molecule has 0 radical (unpaired) electrons. The summed E-state index contributed by atoms with van der Waals surface area (Å²) in [6.07, 6.45) is 1.50. The quantitative estimate of drug-likeness (QED) is 0.684. The smallest absolute Gasteiger partial charge is 0.222 e. The molecule has 14 heavy (non-hydrogen) atoms. The minimum absolute atomic E-state index is 0.0208. The van der Waals surface area contributed by atoms with Gasteiger partial charge in [-0.25, -0.2) is 0 Å². The van der Waals surface area contributed by atoms with Crippen LogP contribution in [0, 0.1) is 11.8 Å². The molecule has 4 heteroatoms. The van der Waals surface area contributed by atoms with Gasteiger partial charge < -0.3 is 10.6 Å². The van der Waals surface area contributed by atoms with E-state index in [1.807, 2.05) is 13.8 Å². The largest absolute Gasteiger partial charge is 0.356 e. The van der Waals surface area contributed by atoms with E-state index in [9.17, 15) is 9.59 Å². The number of hydrogen-bond acceptors (Lipinski definition) is 2. The van der Waals surface area contributed by atoms with Crippen molar-refractivity contribution in [2.24, 2.45) is 11.8 Å². The van der Waals surface area contributed by atoms with E-state index in [0.29, 0.717) is 18.9 Å². The van der Waals surface area contributed by atoms with Crippen LogP contribution in [0.5, 0.6) is 0 Å². The van der Waals surface area contributed by atoms with Crippen molar-refractivity contribution in [3.63, 3.8) is 0 Å². The second-order valence-electron chi connectivity index (χ2n) is 4.11. The standard InChI is InChI=1S/C10H18N2O2/c1-7(2)10(14)12-6-8-3-4-11-9(13)5-8/h7-8H,3-6H2,1-2H3,(H,11,13)(H,12,14). The van der Waals surface area contributed by atoms with Crippen LogP contribution in [0.4, 0.5) is 0 Å². The van der Waals surface area contributed by atoms with Crippen LogP contribution in [-0.4, -0.2) is 24.9 Å². The Morgan fingerprint density at radius 1 is 1.64 bits per heavy atom. The minimum atomic E-state index is 0.0208. The zero-order chi connectivity index (χ0) is 10.6. The first-order valence-corrected chi connectivity index (χ1v) is 5.14. The first-order chi connectivity index (χ1) is 6.59. The summed E-state index contributed by atoms with van der Waals surface area (Å²) in [5.41, 5.74) is 0. The lowest BCUT2D eigenvalue weighted by molar-refractivity contribution is -0.126. The number of hydrogen-bond donors (Lipinski definition) is 2. The topological polar surface area (TPSA) is 58.2 Å². The highest BCUT2D eigenvalue weighted by Crippen LogP contribution is 2.11. The van der Waals surface area contributed by atoms with E-state index in [0.717, 1.165) is 13.0 Å². The summed E-state index contributed by atoms with van der Waals surface area (Å²) in [4.78, 5) is 22.3. The van der Waals surface area contributed by atoms with Crippen molar-refractivity contribution in [3.05, 3.63) is 0 Å². The fraction of sp³-hybridized carbons (Fsp3) is 0.800. The SMILES string of the molecule is CC(C)C(=O)NCC1CCNC(=O)C1. The van der Waals surface area contributed by atoms with Gasteiger partial charge in [-0.2, -0.15) is 0 Å². The lowest BCUT2D eigenvalue weighted by Crippen LogP contribution is -2.40. The van der Waals surface area contributed by atoms with E-state index in [1.54, 1.807) is 0 Å². The zero-order valence-corrected chi connectivity index (χ0v) is 8.80. The minimum Gasteiger partial charge on any atom is -0.356 e. The van der Waals surface area contributed by atoms with Gasteiger partial charge in [-0.1, -0.05) is 13.8 Å². The van der Waals surface area contributed by atoms with Crippen molar-refractivity contribution in [3.8, 4) is 0 Å². The molecule has 80 valence electrons. The van der Waals surface area contributed by atoms with Crippen LogP contribution in [0.3, 0.4) is 0 Å². The first kappa shape index (κ1) is 11.0. The molecule has 0 spiro atoms. The van der Waals surface area contributed by atoms with Gasteiger partial charge in [-0.15, -0.1) is 0 Å². The maximum Gasteiger partial charge on any atom is 0.222 e. The molecule has 1 aliphatic heterocycles. The van der Waals surface area contributed by atoms with Gasteiger partial charge in [0, 0.05) is 25.4 Å². The van der Waals surface area contributed by atoms with E-state index < -0.39 is 0 Å². The van der Waals surface area contributed by atoms with Crippen LogP contribution in [0.15, 0.2) is 0 Å².